The quantitative estimate of drug-likeness (QED) is 0.342. The molecule has 0 radical (unpaired) electrons. The summed E-state index contributed by atoms with van der Waals surface area (Å²) in [7, 11) is 0. The number of carbonyl (C=O) groups excluding carboxylic acids is 1. The highest BCUT2D eigenvalue weighted by Gasteiger charge is 2.44. The molecule has 0 aromatic heterocycles. The molecule has 2 atom stereocenters. The minimum Gasteiger partial charge on any atom is -0.478 e. The Kier molecular flexibility index (Phi) is 8.39. The van der Waals surface area contributed by atoms with Crippen molar-refractivity contribution in [1.29, 1.82) is 0 Å². The van der Waals surface area contributed by atoms with Crippen molar-refractivity contribution in [3.05, 3.63) is 75.0 Å². The molecule has 4 saturated heterocycles. The highest BCUT2D eigenvalue weighted by molar-refractivity contribution is 6.40. The van der Waals surface area contributed by atoms with Gasteiger partial charge in [0.15, 0.2) is 6.73 Å². The lowest BCUT2D eigenvalue weighted by molar-refractivity contribution is -0.0265. The average molecular weight is 712 g/mol. The largest absolute Gasteiger partial charge is 0.478 e. The number of hydrogen-bond donors (Lipinski definition) is 1. The van der Waals surface area contributed by atoms with Crippen LogP contribution in [-0.2, 0) is 16.0 Å². The number of benzene rings is 3. The lowest BCUT2D eigenvalue weighted by Crippen LogP contribution is -2.70. The molecule has 3 aromatic rings. The van der Waals surface area contributed by atoms with Gasteiger partial charge in [-0.25, -0.2) is 9.18 Å². The lowest BCUT2D eigenvalue weighted by Gasteiger charge is -2.56. The zero-order valence-corrected chi connectivity index (χ0v) is 28.6. The maximum atomic E-state index is 15.7. The highest BCUT2D eigenvalue weighted by Crippen LogP contribution is 2.44. The van der Waals surface area contributed by atoms with E-state index >= 15 is 4.39 Å². The molecule has 5 aliphatic rings. The van der Waals surface area contributed by atoms with E-state index in [0.717, 1.165) is 64.0 Å². The van der Waals surface area contributed by atoms with Gasteiger partial charge < -0.3 is 34.0 Å². The normalized spacial score (nSPS) is 23.1. The highest BCUT2D eigenvalue weighted by atomic mass is 35.5. The van der Waals surface area contributed by atoms with Crippen LogP contribution in [0.3, 0.4) is 0 Å². The third kappa shape index (κ3) is 5.69. The number of amides is 1. The summed E-state index contributed by atoms with van der Waals surface area (Å²) in [5.41, 5.74) is 2.90. The molecule has 10 nitrogen and oxygen atoms in total. The number of morpholine rings is 2. The van der Waals surface area contributed by atoms with Gasteiger partial charge in [0.25, 0.3) is 5.91 Å². The average Bonchev–Trinajstić information content (AvgIpc) is 3.32. The maximum Gasteiger partial charge on any atom is 0.337 e. The van der Waals surface area contributed by atoms with Gasteiger partial charge in [-0.3, -0.25) is 9.69 Å². The summed E-state index contributed by atoms with van der Waals surface area (Å²) in [6.07, 6.45) is 1.76. The van der Waals surface area contributed by atoms with E-state index < -0.39 is 11.8 Å². The minimum atomic E-state index is -1.19. The van der Waals surface area contributed by atoms with Gasteiger partial charge in [-0.15, -0.1) is 0 Å². The van der Waals surface area contributed by atoms with Crippen LogP contribution in [0.15, 0.2) is 42.5 Å². The fourth-order valence-corrected chi connectivity index (χ4v) is 8.79. The van der Waals surface area contributed by atoms with E-state index in [1.54, 1.807) is 30.3 Å². The third-order valence-electron chi connectivity index (χ3n) is 10.7. The van der Waals surface area contributed by atoms with Crippen molar-refractivity contribution in [3.8, 4) is 16.9 Å². The van der Waals surface area contributed by atoms with Gasteiger partial charge in [-0.2, -0.15) is 0 Å². The van der Waals surface area contributed by atoms with Crippen LogP contribution in [0.2, 0.25) is 10.0 Å². The van der Waals surface area contributed by atoms with E-state index in [4.69, 9.17) is 37.4 Å². The third-order valence-corrected chi connectivity index (χ3v) is 11.3. The molecule has 13 heteroatoms. The van der Waals surface area contributed by atoms with Crippen molar-refractivity contribution in [2.24, 2.45) is 0 Å². The first-order chi connectivity index (χ1) is 23.6. The summed E-state index contributed by atoms with van der Waals surface area (Å²) in [5, 5.41) is 10.5. The number of halogens is 3. The molecule has 1 amide bonds. The fourth-order valence-electron chi connectivity index (χ4n) is 8.16. The minimum absolute atomic E-state index is 0.0320. The summed E-state index contributed by atoms with van der Waals surface area (Å²) in [5.74, 6) is -1.78. The Balaban J connectivity index is 1.03. The Labute approximate surface area is 293 Å². The van der Waals surface area contributed by atoms with Crippen molar-refractivity contribution >= 4 is 46.5 Å². The van der Waals surface area contributed by atoms with Crippen LogP contribution in [0.1, 0.15) is 46.0 Å². The topological polar surface area (TPSA) is 95.0 Å². The Morgan fingerprint density at radius 3 is 2.33 bits per heavy atom. The zero-order valence-electron chi connectivity index (χ0n) is 27.1. The molecule has 4 fully saturated rings. The second-order valence-corrected chi connectivity index (χ2v) is 14.6. The van der Waals surface area contributed by atoms with E-state index in [1.165, 1.54) is 4.90 Å². The van der Waals surface area contributed by atoms with Gasteiger partial charge >= 0.3 is 5.97 Å². The molecule has 3 aromatic carbocycles. The predicted molar refractivity (Wildman–Crippen MR) is 184 cm³/mol. The monoisotopic (exact) mass is 710 g/mol. The van der Waals surface area contributed by atoms with Crippen LogP contribution < -0.4 is 14.5 Å². The van der Waals surface area contributed by atoms with Crippen LogP contribution in [0.4, 0.5) is 15.8 Å². The Morgan fingerprint density at radius 2 is 1.65 bits per heavy atom. The van der Waals surface area contributed by atoms with E-state index in [2.05, 4.69) is 21.6 Å². The molecule has 258 valence electrons. The first-order valence-electron chi connectivity index (χ1n) is 16.7. The first kappa shape index (κ1) is 32.6. The smallest absolute Gasteiger partial charge is 0.337 e. The molecule has 5 heterocycles. The Morgan fingerprint density at radius 1 is 0.959 bits per heavy atom. The standard InChI is InChI=1S/C36H37Cl2FN4O6/c1-36(42-7-9-47-10-8-42)18-41(19-36)24-11-28(37)32(29(38)12-24)34(44)40-15-21-3-2-4-25(33(21)49-20-40)26-14-31(27(35(45)46)13-30(26)39)43-22-5-6-23(43)17-48-16-22/h2-4,11-14,22-23H,5-10,15-20H2,1H3,(H,45,46). The number of carboxylic acid groups (broad SMARTS) is 1. The summed E-state index contributed by atoms with van der Waals surface area (Å²) < 4.78 is 33.1. The maximum absolute atomic E-state index is 15.7. The van der Waals surface area contributed by atoms with Crippen molar-refractivity contribution in [3.63, 3.8) is 0 Å². The number of hydrogen-bond acceptors (Lipinski definition) is 8. The van der Waals surface area contributed by atoms with Crippen LogP contribution in [0.25, 0.3) is 11.1 Å². The number of carbonyl (C=O) groups is 2. The summed E-state index contributed by atoms with van der Waals surface area (Å²) in [6, 6.07) is 11.7. The van der Waals surface area contributed by atoms with Crippen molar-refractivity contribution in [2.75, 3.05) is 69.1 Å². The van der Waals surface area contributed by atoms with Crippen LogP contribution in [0.5, 0.6) is 5.75 Å². The number of rotatable bonds is 6. The fraction of sp³-hybridized carbons (Fsp3) is 0.444. The molecular formula is C36H37Cl2FN4O6. The van der Waals surface area contributed by atoms with Gasteiger partial charge in [-0.1, -0.05) is 41.4 Å². The van der Waals surface area contributed by atoms with Gasteiger partial charge in [0.2, 0.25) is 0 Å². The second kappa shape index (κ2) is 12.6. The van der Waals surface area contributed by atoms with Crippen molar-refractivity contribution in [2.45, 2.75) is 43.9 Å². The molecule has 0 aliphatic carbocycles. The molecule has 8 rings (SSSR count). The SMILES string of the molecule is CC1(N2CCOCC2)CN(c2cc(Cl)c(C(=O)N3COc4c(cccc4-c4cc(N5C6CCC5COC6)c(C(=O)O)cc4F)C3)c(Cl)c2)C1. The molecule has 0 saturated carbocycles. The number of fused-ring (bicyclic) bond motifs is 3. The lowest BCUT2D eigenvalue weighted by atomic mass is 9.88. The molecule has 2 bridgehead atoms. The van der Waals surface area contributed by atoms with E-state index in [1.807, 2.05) is 6.07 Å². The molecule has 1 N–H and O–H groups in total. The van der Waals surface area contributed by atoms with Crippen LogP contribution >= 0.6 is 23.2 Å². The summed E-state index contributed by atoms with van der Waals surface area (Å²) in [6.45, 7) is 8.27. The number of nitrogens with zero attached hydrogens (tertiary/aromatic N) is 4. The molecule has 0 spiro atoms. The van der Waals surface area contributed by atoms with Gasteiger partial charge in [0.1, 0.15) is 11.6 Å². The van der Waals surface area contributed by atoms with Gasteiger partial charge in [0.05, 0.1) is 77.5 Å². The van der Waals surface area contributed by atoms with E-state index in [0.29, 0.717) is 35.8 Å². The second-order valence-electron chi connectivity index (χ2n) is 13.8. The van der Waals surface area contributed by atoms with E-state index in [9.17, 15) is 14.7 Å². The number of para-hydroxylation sites is 1. The molecule has 5 aliphatic heterocycles. The van der Waals surface area contributed by atoms with Crippen molar-refractivity contribution in [1.82, 2.24) is 9.80 Å². The summed E-state index contributed by atoms with van der Waals surface area (Å²) in [4.78, 5) is 34.3. The first-order valence-corrected chi connectivity index (χ1v) is 17.4. The van der Waals surface area contributed by atoms with Gasteiger partial charge in [-0.05, 0) is 44.0 Å². The molecule has 2 unspecified atom stereocenters. The number of ether oxygens (including phenoxy) is 3. The van der Waals surface area contributed by atoms with Crippen LogP contribution in [-0.4, -0.2) is 104 Å². The zero-order chi connectivity index (χ0) is 34.0. The number of carboxylic acids is 1. The number of aromatic carboxylic acids is 1. The van der Waals surface area contributed by atoms with Crippen LogP contribution in [0, 0.1) is 5.82 Å². The molecule has 49 heavy (non-hydrogen) atoms. The predicted octanol–water partition coefficient (Wildman–Crippen LogP) is 5.77. The van der Waals surface area contributed by atoms with Crippen molar-refractivity contribution < 1.29 is 33.3 Å². The van der Waals surface area contributed by atoms with Gasteiger partial charge in [0, 0.05) is 48.6 Å². The number of anilines is 2. The molecular weight excluding hydrogens is 674 g/mol. The van der Waals surface area contributed by atoms with E-state index in [-0.39, 0.29) is 63.5 Å². The Hall–Kier alpha value is -3.61. The Bertz CT molecular complexity index is 1790. The summed E-state index contributed by atoms with van der Waals surface area (Å²) >= 11 is 13.5.